The van der Waals surface area contributed by atoms with Crippen molar-refractivity contribution in [2.75, 3.05) is 26.2 Å². The zero-order valence-electron chi connectivity index (χ0n) is 12.4. The molecule has 0 radical (unpaired) electrons. The van der Waals surface area contributed by atoms with Crippen molar-refractivity contribution in [1.29, 1.82) is 0 Å². The summed E-state index contributed by atoms with van der Waals surface area (Å²) in [5, 5.41) is 19.3. The molecule has 1 saturated heterocycles. The van der Waals surface area contributed by atoms with Crippen LogP contribution in [0, 0.1) is 5.92 Å². The Balaban J connectivity index is 1.96. The third-order valence-electron chi connectivity index (χ3n) is 4.11. The minimum atomic E-state index is -4.40. The van der Waals surface area contributed by atoms with Crippen LogP contribution in [0.1, 0.15) is 24.0 Å². The molecular weight excluding hydrogens is 295 g/mol. The molecular formula is C16H22F3NO2. The molecule has 1 aliphatic heterocycles. The highest BCUT2D eigenvalue weighted by Gasteiger charge is 2.33. The maximum atomic E-state index is 12.9. The molecule has 124 valence electrons. The summed E-state index contributed by atoms with van der Waals surface area (Å²) in [6, 6.07) is 5.37. The Hall–Kier alpha value is -1.11. The SMILES string of the molecule is OC[C@@H]1CCCN(C[C@H](O)Cc2ccccc2C(F)(F)F)C1. The molecule has 0 saturated carbocycles. The van der Waals surface area contributed by atoms with Crippen LogP contribution in [0.3, 0.4) is 0 Å². The molecule has 0 aliphatic carbocycles. The molecule has 2 N–H and O–H groups in total. The van der Waals surface area contributed by atoms with Gasteiger partial charge >= 0.3 is 6.18 Å². The van der Waals surface area contributed by atoms with E-state index in [1.807, 2.05) is 4.90 Å². The molecule has 0 bridgehead atoms. The first-order valence-electron chi connectivity index (χ1n) is 7.56. The lowest BCUT2D eigenvalue weighted by Crippen LogP contribution is -2.41. The highest BCUT2D eigenvalue weighted by atomic mass is 19.4. The summed E-state index contributed by atoms with van der Waals surface area (Å²) in [6.45, 7) is 1.95. The Kier molecular flexibility index (Phi) is 5.83. The monoisotopic (exact) mass is 317 g/mol. The number of aliphatic hydroxyl groups excluding tert-OH is 2. The predicted molar refractivity (Wildman–Crippen MR) is 77.4 cm³/mol. The van der Waals surface area contributed by atoms with Crippen molar-refractivity contribution in [3.63, 3.8) is 0 Å². The van der Waals surface area contributed by atoms with Gasteiger partial charge in [0.2, 0.25) is 0 Å². The quantitative estimate of drug-likeness (QED) is 0.876. The largest absolute Gasteiger partial charge is 0.416 e. The van der Waals surface area contributed by atoms with Crippen LogP contribution in [0.25, 0.3) is 0 Å². The summed E-state index contributed by atoms with van der Waals surface area (Å²) in [7, 11) is 0. The predicted octanol–water partition coefficient (Wildman–Crippen LogP) is 2.31. The van der Waals surface area contributed by atoms with Crippen molar-refractivity contribution >= 4 is 0 Å². The first-order valence-corrected chi connectivity index (χ1v) is 7.56. The summed E-state index contributed by atoms with van der Waals surface area (Å²) < 4.78 is 38.8. The number of nitrogens with zero attached hydrogens (tertiary/aromatic N) is 1. The Morgan fingerprint density at radius 3 is 2.68 bits per heavy atom. The first-order chi connectivity index (χ1) is 10.4. The summed E-state index contributed by atoms with van der Waals surface area (Å²) in [4.78, 5) is 2.02. The maximum Gasteiger partial charge on any atom is 0.416 e. The van der Waals surface area contributed by atoms with E-state index < -0.39 is 17.8 Å². The van der Waals surface area contributed by atoms with Crippen molar-refractivity contribution in [3.8, 4) is 0 Å². The van der Waals surface area contributed by atoms with E-state index in [1.165, 1.54) is 12.1 Å². The van der Waals surface area contributed by atoms with E-state index in [9.17, 15) is 23.4 Å². The molecule has 0 spiro atoms. The standard InChI is InChI=1S/C16H22F3NO2/c17-16(18,19)15-6-2-1-5-13(15)8-14(22)10-20-7-3-4-12(9-20)11-21/h1-2,5-6,12,14,21-22H,3-4,7-11H2/t12-,14-/m1/s1. The van der Waals surface area contributed by atoms with Crippen molar-refractivity contribution in [2.24, 2.45) is 5.92 Å². The third kappa shape index (κ3) is 4.69. The molecule has 0 amide bonds. The van der Waals surface area contributed by atoms with Crippen LogP contribution in [0.15, 0.2) is 24.3 Å². The van der Waals surface area contributed by atoms with Crippen LogP contribution in [-0.4, -0.2) is 47.5 Å². The first kappa shape index (κ1) is 17.2. The van der Waals surface area contributed by atoms with Crippen molar-refractivity contribution < 1.29 is 23.4 Å². The number of likely N-dealkylation sites (tertiary alicyclic amines) is 1. The van der Waals surface area contributed by atoms with E-state index in [0.717, 1.165) is 25.5 Å². The lowest BCUT2D eigenvalue weighted by molar-refractivity contribution is -0.138. The average molecular weight is 317 g/mol. The number of benzene rings is 1. The van der Waals surface area contributed by atoms with Crippen LogP contribution in [0.4, 0.5) is 13.2 Å². The fourth-order valence-corrected chi connectivity index (χ4v) is 3.06. The molecule has 0 aromatic heterocycles. The van der Waals surface area contributed by atoms with Gasteiger partial charge in [-0.25, -0.2) is 0 Å². The number of hydrogen-bond acceptors (Lipinski definition) is 3. The van der Waals surface area contributed by atoms with Gasteiger partial charge in [-0.3, -0.25) is 0 Å². The highest BCUT2D eigenvalue weighted by Crippen LogP contribution is 2.32. The van der Waals surface area contributed by atoms with Crippen molar-refractivity contribution in [2.45, 2.75) is 31.5 Å². The molecule has 1 heterocycles. The van der Waals surface area contributed by atoms with Crippen LogP contribution in [0.2, 0.25) is 0 Å². The van der Waals surface area contributed by atoms with E-state index in [-0.39, 0.29) is 24.5 Å². The van der Waals surface area contributed by atoms with Gasteiger partial charge in [0.25, 0.3) is 0 Å². The van der Waals surface area contributed by atoms with E-state index in [1.54, 1.807) is 6.07 Å². The van der Waals surface area contributed by atoms with Crippen LogP contribution < -0.4 is 0 Å². The summed E-state index contributed by atoms with van der Waals surface area (Å²) in [6.07, 6.45) is -3.36. The lowest BCUT2D eigenvalue weighted by Gasteiger charge is -2.33. The Morgan fingerprint density at radius 1 is 1.27 bits per heavy atom. The van der Waals surface area contributed by atoms with E-state index >= 15 is 0 Å². The van der Waals surface area contributed by atoms with Crippen molar-refractivity contribution in [3.05, 3.63) is 35.4 Å². The smallest absolute Gasteiger partial charge is 0.396 e. The summed E-state index contributed by atoms with van der Waals surface area (Å²) >= 11 is 0. The highest BCUT2D eigenvalue weighted by molar-refractivity contribution is 5.30. The maximum absolute atomic E-state index is 12.9. The molecule has 2 rings (SSSR count). The Labute approximate surface area is 128 Å². The fourth-order valence-electron chi connectivity index (χ4n) is 3.06. The van der Waals surface area contributed by atoms with Gasteiger partial charge in [0.15, 0.2) is 0 Å². The van der Waals surface area contributed by atoms with E-state index in [2.05, 4.69) is 0 Å². The second kappa shape index (κ2) is 7.44. The molecule has 6 heteroatoms. The number of rotatable bonds is 5. The number of aliphatic hydroxyl groups is 2. The topological polar surface area (TPSA) is 43.7 Å². The summed E-state index contributed by atoms with van der Waals surface area (Å²) in [5.74, 6) is 0.198. The zero-order valence-corrected chi connectivity index (χ0v) is 12.4. The fraction of sp³-hybridized carbons (Fsp3) is 0.625. The van der Waals surface area contributed by atoms with Crippen LogP contribution >= 0.6 is 0 Å². The number of alkyl halides is 3. The molecule has 1 aliphatic rings. The Bertz CT molecular complexity index is 479. The minimum Gasteiger partial charge on any atom is -0.396 e. The van der Waals surface area contributed by atoms with Gasteiger partial charge in [-0.1, -0.05) is 18.2 Å². The van der Waals surface area contributed by atoms with Gasteiger partial charge in [0.1, 0.15) is 0 Å². The lowest BCUT2D eigenvalue weighted by atomic mass is 9.97. The number of piperidine rings is 1. The second-order valence-corrected chi connectivity index (χ2v) is 5.96. The molecule has 0 unspecified atom stereocenters. The summed E-state index contributed by atoms with van der Waals surface area (Å²) in [5.41, 5.74) is -0.556. The molecule has 22 heavy (non-hydrogen) atoms. The van der Waals surface area contributed by atoms with Crippen LogP contribution in [-0.2, 0) is 12.6 Å². The molecule has 2 atom stereocenters. The Morgan fingerprint density at radius 2 is 2.00 bits per heavy atom. The second-order valence-electron chi connectivity index (χ2n) is 5.96. The molecule has 1 aromatic rings. The van der Waals surface area contributed by atoms with E-state index in [4.69, 9.17) is 0 Å². The normalized spacial score (nSPS) is 21.8. The minimum absolute atomic E-state index is 0.0179. The van der Waals surface area contributed by atoms with Crippen LogP contribution in [0.5, 0.6) is 0 Å². The van der Waals surface area contributed by atoms with Gasteiger partial charge in [-0.05, 0) is 36.9 Å². The molecule has 3 nitrogen and oxygen atoms in total. The molecule has 1 fully saturated rings. The number of halogens is 3. The number of hydrogen-bond donors (Lipinski definition) is 2. The van der Waals surface area contributed by atoms with Gasteiger partial charge in [-0.2, -0.15) is 13.2 Å². The van der Waals surface area contributed by atoms with Crippen molar-refractivity contribution in [1.82, 2.24) is 4.90 Å². The third-order valence-corrected chi connectivity index (χ3v) is 4.11. The number of β-amino-alcohol motifs (C(OH)–C–C–N with tert-alkyl or cyclic N) is 1. The molecule has 1 aromatic carbocycles. The van der Waals surface area contributed by atoms with Gasteiger partial charge in [0.05, 0.1) is 11.7 Å². The zero-order chi connectivity index (χ0) is 16.2. The van der Waals surface area contributed by atoms with E-state index in [0.29, 0.717) is 13.1 Å². The van der Waals surface area contributed by atoms with Gasteiger partial charge < -0.3 is 15.1 Å². The average Bonchev–Trinajstić information content (AvgIpc) is 2.46. The van der Waals surface area contributed by atoms with Gasteiger partial charge in [0, 0.05) is 26.1 Å². The van der Waals surface area contributed by atoms with Gasteiger partial charge in [-0.15, -0.1) is 0 Å².